The van der Waals surface area contributed by atoms with Crippen LogP contribution in [0.1, 0.15) is 18.9 Å². The summed E-state index contributed by atoms with van der Waals surface area (Å²) < 4.78 is 4.57. The van der Waals surface area contributed by atoms with Crippen molar-refractivity contribution in [2.75, 3.05) is 13.2 Å². The molecule has 0 aliphatic carbocycles. The molecule has 0 fully saturated rings. The van der Waals surface area contributed by atoms with Crippen molar-refractivity contribution in [1.82, 2.24) is 5.48 Å². The van der Waals surface area contributed by atoms with Crippen molar-refractivity contribution in [2.45, 2.75) is 20.0 Å². The molecule has 0 unspecified atom stereocenters. The number of benzene rings is 1. The van der Waals surface area contributed by atoms with Crippen molar-refractivity contribution in [3.8, 4) is 0 Å². The van der Waals surface area contributed by atoms with E-state index in [0.29, 0.717) is 6.61 Å². The number of esters is 1. The molecule has 0 aliphatic heterocycles. The van der Waals surface area contributed by atoms with E-state index in [-0.39, 0.29) is 19.6 Å². The summed E-state index contributed by atoms with van der Waals surface area (Å²) in [6.45, 7) is 2.56. The van der Waals surface area contributed by atoms with E-state index in [2.05, 4.69) is 10.2 Å². The third kappa shape index (κ3) is 5.56. The summed E-state index contributed by atoms with van der Waals surface area (Å²) in [5.74, 6) is -1.34. The predicted molar refractivity (Wildman–Crippen MR) is 65.5 cm³/mol. The molecule has 5 nitrogen and oxygen atoms in total. The van der Waals surface area contributed by atoms with Crippen LogP contribution in [0.3, 0.4) is 0 Å². The Balaban J connectivity index is 2.09. The smallest absolute Gasteiger partial charge is 0.374 e. The first-order chi connectivity index (χ1) is 8.74. The van der Waals surface area contributed by atoms with Gasteiger partial charge in [0.2, 0.25) is 5.78 Å². The fourth-order valence-corrected chi connectivity index (χ4v) is 1.26. The van der Waals surface area contributed by atoms with Gasteiger partial charge in [0.25, 0.3) is 0 Å². The van der Waals surface area contributed by atoms with Gasteiger partial charge in [-0.05, 0) is 12.5 Å². The molecule has 18 heavy (non-hydrogen) atoms. The van der Waals surface area contributed by atoms with Crippen LogP contribution in [-0.4, -0.2) is 24.9 Å². The van der Waals surface area contributed by atoms with Gasteiger partial charge in [0, 0.05) is 13.0 Å². The molecule has 0 heterocycles. The molecule has 0 aromatic heterocycles. The molecule has 0 amide bonds. The van der Waals surface area contributed by atoms with E-state index in [9.17, 15) is 9.59 Å². The highest BCUT2D eigenvalue weighted by Gasteiger charge is 2.13. The van der Waals surface area contributed by atoms with Gasteiger partial charge in [-0.1, -0.05) is 30.3 Å². The number of hydrogen-bond acceptors (Lipinski definition) is 5. The Labute approximate surface area is 106 Å². The van der Waals surface area contributed by atoms with Crippen molar-refractivity contribution in [2.24, 2.45) is 0 Å². The van der Waals surface area contributed by atoms with Gasteiger partial charge < -0.3 is 4.74 Å². The lowest BCUT2D eigenvalue weighted by Gasteiger charge is -2.05. The van der Waals surface area contributed by atoms with Crippen LogP contribution < -0.4 is 5.48 Å². The quantitative estimate of drug-likeness (QED) is 0.326. The largest absolute Gasteiger partial charge is 0.460 e. The third-order valence-corrected chi connectivity index (χ3v) is 2.14. The second-order valence-electron chi connectivity index (χ2n) is 3.56. The van der Waals surface area contributed by atoms with Crippen molar-refractivity contribution >= 4 is 11.8 Å². The zero-order valence-electron chi connectivity index (χ0n) is 10.3. The SMILES string of the molecule is CCOC(=O)C(=O)CCNOCc1ccccc1. The minimum Gasteiger partial charge on any atom is -0.460 e. The fraction of sp³-hybridized carbons (Fsp3) is 0.385. The highest BCUT2D eigenvalue weighted by molar-refractivity contribution is 6.33. The lowest BCUT2D eigenvalue weighted by Crippen LogP contribution is -2.24. The predicted octanol–water partition coefficient (Wildman–Crippen LogP) is 1.23. The Bertz CT molecular complexity index is 378. The van der Waals surface area contributed by atoms with Gasteiger partial charge >= 0.3 is 5.97 Å². The van der Waals surface area contributed by atoms with Crippen molar-refractivity contribution in [3.63, 3.8) is 0 Å². The standard InChI is InChI=1S/C13H17NO4/c1-2-17-13(16)12(15)8-9-14-18-10-11-6-4-3-5-7-11/h3-7,14H,2,8-10H2,1H3. The summed E-state index contributed by atoms with van der Waals surface area (Å²) in [5.41, 5.74) is 3.66. The van der Waals surface area contributed by atoms with E-state index >= 15 is 0 Å². The number of hydroxylamine groups is 1. The maximum atomic E-state index is 11.2. The monoisotopic (exact) mass is 251 g/mol. The van der Waals surface area contributed by atoms with Gasteiger partial charge in [-0.25, -0.2) is 10.3 Å². The molecule has 1 aromatic carbocycles. The molecular weight excluding hydrogens is 234 g/mol. The third-order valence-electron chi connectivity index (χ3n) is 2.14. The van der Waals surface area contributed by atoms with Crippen molar-refractivity contribution < 1.29 is 19.2 Å². The minimum absolute atomic E-state index is 0.0631. The summed E-state index contributed by atoms with van der Waals surface area (Å²) >= 11 is 0. The van der Waals surface area contributed by atoms with Crippen LogP contribution in [0.25, 0.3) is 0 Å². The maximum Gasteiger partial charge on any atom is 0.374 e. The van der Waals surface area contributed by atoms with Gasteiger partial charge in [-0.3, -0.25) is 9.63 Å². The van der Waals surface area contributed by atoms with Crippen LogP contribution in [0.4, 0.5) is 0 Å². The molecule has 0 saturated carbocycles. The molecule has 0 atom stereocenters. The molecular formula is C13H17NO4. The van der Waals surface area contributed by atoms with Gasteiger partial charge in [-0.15, -0.1) is 0 Å². The van der Waals surface area contributed by atoms with E-state index in [1.165, 1.54) is 0 Å². The van der Waals surface area contributed by atoms with Crippen molar-refractivity contribution in [1.29, 1.82) is 0 Å². The van der Waals surface area contributed by atoms with E-state index in [4.69, 9.17) is 4.84 Å². The van der Waals surface area contributed by atoms with E-state index in [0.717, 1.165) is 5.56 Å². The average Bonchev–Trinajstić information content (AvgIpc) is 2.39. The van der Waals surface area contributed by atoms with Gasteiger partial charge in [0.15, 0.2) is 0 Å². The Morgan fingerprint density at radius 2 is 1.94 bits per heavy atom. The van der Waals surface area contributed by atoms with Crippen molar-refractivity contribution in [3.05, 3.63) is 35.9 Å². The molecule has 1 rings (SSSR count). The maximum absolute atomic E-state index is 11.2. The number of hydrogen-bond donors (Lipinski definition) is 1. The number of ether oxygens (including phenoxy) is 1. The van der Waals surface area contributed by atoms with E-state index in [1.54, 1.807) is 6.92 Å². The lowest BCUT2D eigenvalue weighted by atomic mass is 10.2. The summed E-state index contributed by atoms with van der Waals surface area (Å²) in [5, 5.41) is 0. The number of rotatable bonds is 8. The Morgan fingerprint density at radius 3 is 2.61 bits per heavy atom. The van der Waals surface area contributed by atoms with Crippen LogP contribution >= 0.6 is 0 Å². The van der Waals surface area contributed by atoms with Gasteiger partial charge in [0.05, 0.1) is 13.2 Å². The molecule has 0 bridgehead atoms. The molecule has 0 saturated heterocycles. The van der Waals surface area contributed by atoms with Crippen LogP contribution in [0.15, 0.2) is 30.3 Å². The summed E-state index contributed by atoms with van der Waals surface area (Å²) in [4.78, 5) is 27.3. The molecule has 5 heteroatoms. The Hall–Kier alpha value is -1.72. The molecule has 0 spiro atoms. The first-order valence-electron chi connectivity index (χ1n) is 5.82. The molecule has 0 radical (unpaired) electrons. The minimum atomic E-state index is -0.789. The van der Waals surface area contributed by atoms with Crippen LogP contribution in [0, 0.1) is 0 Å². The number of carbonyl (C=O) groups is 2. The number of nitrogens with one attached hydrogen (secondary N) is 1. The second kappa shape index (κ2) is 8.38. The van der Waals surface area contributed by atoms with Crippen LogP contribution in [0.2, 0.25) is 0 Å². The second-order valence-corrected chi connectivity index (χ2v) is 3.56. The van der Waals surface area contributed by atoms with Crippen LogP contribution in [-0.2, 0) is 25.8 Å². The zero-order valence-corrected chi connectivity index (χ0v) is 10.3. The molecule has 1 N–H and O–H groups in total. The first-order valence-corrected chi connectivity index (χ1v) is 5.82. The Kier molecular flexibility index (Phi) is 6.68. The molecule has 98 valence electrons. The van der Waals surface area contributed by atoms with Gasteiger partial charge in [-0.2, -0.15) is 0 Å². The molecule has 0 aliphatic rings. The average molecular weight is 251 g/mol. The fourth-order valence-electron chi connectivity index (χ4n) is 1.26. The van der Waals surface area contributed by atoms with E-state index in [1.807, 2.05) is 30.3 Å². The zero-order chi connectivity index (χ0) is 13.2. The summed E-state index contributed by atoms with van der Waals surface area (Å²) in [6, 6.07) is 9.64. The Morgan fingerprint density at radius 1 is 1.22 bits per heavy atom. The highest BCUT2D eigenvalue weighted by atomic mass is 16.6. The summed E-state index contributed by atoms with van der Waals surface area (Å²) in [7, 11) is 0. The topological polar surface area (TPSA) is 64.6 Å². The van der Waals surface area contributed by atoms with E-state index < -0.39 is 11.8 Å². The van der Waals surface area contributed by atoms with Crippen LogP contribution in [0.5, 0.6) is 0 Å². The normalized spacial score (nSPS) is 10.1. The molecule has 1 aromatic rings. The summed E-state index contributed by atoms with van der Waals surface area (Å²) in [6.07, 6.45) is 0.0631. The van der Waals surface area contributed by atoms with Gasteiger partial charge in [0.1, 0.15) is 0 Å². The number of Topliss-reactive ketones (excluding diaryl/α,β-unsaturated/α-hetero) is 1. The highest BCUT2D eigenvalue weighted by Crippen LogP contribution is 1.98. The number of ketones is 1. The number of carbonyl (C=O) groups excluding carboxylic acids is 2. The first kappa shape index (κ1) is 14.3. The lowest BCUT2D eigenvalue weighted by molar-refractivity contribution is -0.153.